The van der Waals surface area contributed by atoms with Crippen molar-refractivity contribution in [3.05, 3.63) is 23.8 Å². The van der Waals surface area contributed by atoms with Crippen LogP contribution in [0.3, 0.4) is 0 Å². The van der Waals surface area contributed by atoms with E-state index in [-0.39, 0.29) is 18.7 Å². The van der Waals surface area contributed by atoms with E-state index < -0.39 is 6.10 Å². The van der Waals surface area contributed by atoms with Gasteiger partial charge in [0.15, 0.2) is 17.6 Å². The lowest BCUT2D eigenvalue weighted by atomic mass is 10.1. The second-order valence-electron chi connectivity index (χ2n) is 6.61. The number of unbranched alkanes of at least 4 members (excludes halogenated alkanes) is 1. The van der Waals surface area contributed by atoms with Gasteiger partial charge in [0.2, 0.25) is 6.79 Å². The lowest BCUT2D eigenvalue weighted by Crippen LogP contribution is -2.35. The van der Waals surface area contributed by atoms with Gasteiger partial charge in [-0.3, -0.25) is 9.59 Å². The summed E-state index contributed by atoms with van der Waals surface area (Å²) in [6, 6.07) is 5.52. The maximum Gasteiger partial charge on any atom is 0.306 e. The molecule has 148 valence electrons. The number of fused-ring (bicyclic) bond motifs is 1. The molecule has 0 aliphatic carbocycles. The summed E-state index contributed by atoms with van der Waals surface area (Å²) in [6.45, 7) is 2.16. The summed E-state index contributed by atoms with van der Waals surface area (Å²) in [6.07, 6.45) is 3.82. The minimum atomic E-state index is -0.798. The zero-order chi connectivity index (χ0) is 19.1. The molecule has 2 heterocycles. The largest absolute Gasteiger partial charge is 0.454 e. The highest BCUT2D eigenvalue weighted by Crippen LogP contribution is 2.39. The van der Waals surface area contributed by atoms with Gasteiger partial charge in [-0.25, -0.2) is 0 Å². The predicted octanol–water partition coefficient (Wildman–Crippen LogP) is 3.68. The monoisotopic (exact) mass is 411 g/mol. The van der Waals surface area contributed by atoms with Gasteiger partial charge in [-0.05, 0) is 43.9 Å². The molecule has 1 amide bonds. The Balaban J connectivity index is 1.31. The SMILES string of the molecule is C[C@@H](OC(=O)CCCC[C@H]1CCSS1)C(=O)NCc1ccc2c(c1)OCO2. The minimum absolute atomic E-state index is 0.219. The average molecular weight is 412 g/mol. The summed E-state index contributed by atoms with van der Waals surface area (Å²) in [4.78, 5) is 24.1. The number of carbonyl (C=O) groups excluding carboxylic acids is 2. The third kappa shape index (κ3) is 6.24. The fourth-order valence-corrected chi connectivity index (χ4v) is 5.93. The van der Waals surface area contributed by atoms with Gasteiger partial charge in [0, 0.05) is 24.0 Å². The van der Waals surface area contributed by atoms with Crippen LogP contribution in [-0.2, 0) is 20.9 Å². The number of hydrogen-bond acceptors (Lipinski definition) is 7. The van der Waals surface area contributed by atoms with Gasteiger partial charge in [-0.2, -0.15) is 0 Å². The van der Waals surface area contributed by atoms with Crippen LogP contribution in [0, 0.1) is 0 Å². The van der Waals surface area contributed by atoms with Crippen LogP contribution < -0.4 is 14.8 Å². The molecule has 2 aliphatic heterocycles. The zero-order valence-corrected chi connectivity index (χ0v) is 17.0. The molecule has 1 aromatic rings. The van der Waals surface area contributed by atoms with Crippen molar-refractivity contribution >= 4 is 33.5 Å². The number of nitrogens with one attached hydrogen (secondary N) is 1. The minimum Gasteiger partial charge on any atom is -0.454 e. The zero-order valence-electron chi connectivity index (χ0n) is 15.4. The molecule has 3 rings (SSSR count). The Hall–Kier alpha value is -1.54. The Labute approximate surface area is 167 Å². The van der Waals surface area contributed by atoms with Crippen LogP contribution in [0.4, 0.5) is 0 Å². The predicted molar refractivity (Wildman–Crippen MR) is 107 cm³/mol. The summed E-state index contributed by atoms with van der Waals surface area (Å²) in [5, 5.41) is 3.51. The quantitative estimate of drug-likeness (QED) is 0.377. The number of rotatable bonds is 9. The van der Waals surface area contributed by atoms with Crippen LogP contribution in [0.25, 0.3) is 0 Å². The molecule has 0 unspecified atom stereocenters. The van der Waals surface area contributed by atoms with Gasteiger partial charge in [-0.15, -0.1) is 0 Å². The van der Waals surface area contributed by atoms with Gasteiger partial charge in [0.25, 0.3) is 5.91 Å². The maximum absolute atomic E-state index is 12.1. The van der Waals surface area contributed by atoms with Gasteiger partial charge < -0.3 is 19.5 Å². The number of ether oxygens (including phenoxy) is 3. The molecule has 0 bridgehead atoms. The normalized spacial score (nSPS) is 18.9. The first-order chi connectivity index (χ1) is 13.1. The first-order valence-corrected chi connectivity index (χ1v) is 11.6. The van der Waals surface area contributed by atoms with Gasteiger partial charge in [-0.1, -0.05) is 34.1 Å². The summed E-state index contributed by atoms with van der Waals surface area (Å²) < 4.78 is 15.8. The molecule has 1 fully saturated rings. The van der Waals surface area contributed by atoms with Gasteiger partial charge >= 0.3 is 5.97 Å². The van der Waals surface area contributed by atoms with E-state index in [9.17, 15) is 9.59 Å². The summed E-state index contributed by atoms with van der Waals surface area (Å²) in [5.41, 5.74) is 0.897. The Kier molecular flexibility index (Phi) is 7.58. The highest BCUT2D eigenvalue weighted by molar-refractivity contribution is 8.77. The second-order valence-corrected chi connectivity index (χ2v) is 9.40. The van der Waals surface area contributed by atoms with Crippen molar-refractivity contribution in [3.8, 4) is 11.5 Å². The summed E-state index contributed by atoms with van der Waals surface area (Å²) in [5.74, 6) is 2.00. The van der Waals surface area contributed by atoms with Crippen LogP contribution in [0.2, 0.25) is 0 Å². The van der Waals surface area contributed by atoms with E-state index in [1.54, 1.807) is 6.92 Å². The lowest BCUT2D eigenvalue weighted by Gasteiger charge is -2.14. The van der Waals surface area contributed by atoms with Crippen LogP contribution in [0.1, 0.15) is 44.6 Å². The highest BCUT2D eigenvalue weighted by Gasteiger charge is 2.19. The molecular formula is C19H25NO5S2. The summed E-state index contributed by atoms with van der Waals surface area (Å²) >= 11 is 0. The smallest absolute Gasteiger partial charge is 0.306 e. The van der Waals surface area contributed by atoms with Crippen molar-refractivity contribution in [1.82, 2.24) is 5.32 Å². The molecular weight excluding hydrogens is 386 g/mol. The topological polar surface area (TPSA) is 73.9 Å². The number of amides is 1. The molecule has 0 aromatic heterocycles. The molecule has 1 N–H and O–H groups in total. The van der Waals surface area contributed by atoms with Crippen molar-refractivity contribution in [2.45, 2.75) is 56.9 Å². The van der Waals surface area contributed by atoms with E-state index in [2.05, 4.69) is 5.32 Å². The Bertz CT molecular complexity index is 664. The number of esters is 1. The van der Waals surface area contributed by atoms with Crippen molar-refractivity contribution in [2.75, 3.05) is 12.5 Å². The van der Waals surface area contributed by atoms with Crippen molar-refractivity contribution < 1.29 is 23.8 Å². The fraction of sp³-hybridized carbons (Fsp3) is 0.579. The first kappa shape index (κ1) is 20.2. The van der Waals surface area contributed by atoms with Crippen LogP contribution in [0.5, 0.6) is 11.5 Å². The van der Waals surface area contributed by atoms with Crippen LogP contribution in [0.15, 0.2) is 18.2 Å². The fourth-order valence-electron chi connectivity index (χ4n) is 2.90. The molecule has 0 spiro atoms. The van der Waals surface area contributed by atoms with Crippen LogP contribution >= 0.6 is 21.6 Å². The van der Waals surface area contributed by atoms with E-state index in [0.717, 1.165) is 30.1 Å². The number of benzene rings is 1. The molecule has 1 aromatic carbocycles. The average Bonchev–Trinajstić information content (AvgIpc) is 3.34. The Morgan fingerprint density at radius 3 is 2.96 bits per heavy atom. The van der Waals surface area contributed by atoms with Crippen molar-refractivity contribution in [1.29, 1.82) is 0 Å². The summed E-state index contributed by atoms with van der Waals surface area (Å²) in [7, 11) is 3.89. The van der Waals surface area contributed by atoms with Crippen molar-refractivity contribution in [3.63, 3.8) is 0 Å². The number of hydrogen-bond donors (Lipinski definition) is 1. The Morgan fingerprint density at radius 1 is 1.30 bits per heavy atom. The molecule has 0 saturated carbocycles. The Morgan fingerprint density at radius 2 is 2.15 bits per heavy atom. The molecule has 6 nitrogen and oxygen atoms in total. The van der Waals surface area contributed by atoms with Gasteiger partial charge in [0.05, 0.1) is 0 Å². The van der Waals surface area contributed by atoms with E-state index in [1.807, 2.05) is 39.8 Å². The standard InChI is InChI=1S/C19H25NO5S2/c1-13(25-18(21)5-3-2-4-15-8-9-26-27-15)19(22)20-11-14-6-7-16-17(10-14)24-12-23-16/h6-7,10,13,15H,2-5,8-9,11-12H2,1H3,(H,20,22)/t13-,15+/m1/s1. The molecule has 27 heavy (non-hydrogen) atoms. The van der Waals surface area contributed by atoms with Crippen molar-refractivity contribution in [2.24, 2.45) is 0 Å². The van der Waals surface area contributed by atoms with E-state index in [0.29, 0.717) is 24.5 Å². The molecule has 8 heteroatoms. The second kappa shape index (κ2) is 10.1. The lowest BCUT2D eigenvalue weighted by molar-refractivity contribution is -0.155. The maximum atomic E-state index is 12.1. The van der Waals surface area contributed by atoms with Gasteiger partial charge in [0.1, 0.15) is 0 Å². The molecule has 0 radical (unpaired) electrons. The first-order valence-electron chi connectivity index (χ1n) is 9.26. The van der Waals surface area contributed by atoms with E-state index in [1.165, 1.54) is 12.2 Å². The molecule has 2 aliphatic rings. The molecule has 2 atom stereocenters. The third-order valence-corrected chi connectivity index (χ3v) is 7.47. The van der Waals surface area contributed by atoms with E-state index in [4.69, 9.17) is 14.2 Å². The van der Waals surface area contributed by atoms with E-state index >= 15 is 0 Å². The highest BCUT2D eigenvalue weighted by atomic mass is 33.1. The number of carbonyl (C=O) groups is 2. The molecule has 1 saturated heterocycles. The van der Waals surface area contributed by atoms with Crippen LogP contribution in [-0.4, -0.2) is 35.8 Å². The third-order valence-electron chi connectivity index (χ3n) is 4.47.